The first-order valence-electron chi connectivity index (χ1n) is 10.1. The summed E-state index contributed by atoms with van der Waals surface area (Å²) in [6, 6.07) is 19.6. The van der Waals surface area contributed by atoms with Crippen LogP contribution in [0.1, 0.15) is 21.5 Å². The van der Waals surface area contributed by atoms with Gasteiger partial charge in [0.2, 0.25) is 5.91 Å². The molecule has 2 amide bonds. The van der Waals surface area contributed by atoms with Crippen molar-refractivity contribution in [1.82, 2.24) is 9.55 Å². The molecular formula is C25H22N4O3. The van der Waals surface area contributed by atoms with Crippen molar-refractivity contribution in [1.29, 1.82) is 0 Å². The van der Waals surface area contributed by atoms with E-state index >= 15 is 0 Å². The number of amides is 2. The molecule has 0 aliphatic rings. The fourth-order valence-electron chi connectivity index (χ4n) is 3.53. The molecule has 1 aromatic heterocycles. The van der Waals surface area contributed by atoms with Crippen LogP contribution in [-0.2, 0) is 11.3 Å². The minimum absolute atomic E-state index is 0.185. The Balaban J connectivity index is 1.52. The minimum Gasteiger partial charge on any atom is -0.324 e. The van der Waals surface area contributed by atoms with Gasteiger partial charge in [-0.1, -0.05) is 36.4 Å². The van der Waals surface area contributed by atoms with Crippen LogP contribution in [0.2, 0.25) is 0 Å². The Labute approximate surface area is 184 Å². The Hall–Kier alpha value is -4.26. The summed E-state index contributed by atoms with van der Waals surface area (Å²) < 4.78 is 1.28. The predicted molar refractivity (Wildman–Crippen MR) is 125 cm³/mol. The number of anilines is 2. The van der Waals surface area contributed by atoms with Gasteiger partial charge in [0.05, 0.1) is 17.2 Å². The third-order valence-electron chi connectivity index (χ3n) is 5.25. The molecule has 0 spiro atoms. The Kier molecular flexibility index (Phi) is 5.81. The van der Waals surface area contributed by atoms with Crippen LogP contribution in [0.4, 0.5) is 11.4 Å². The number of nitrogens with one attached hydrogen (secondary N) is 2. The van der Waals surface area contributed by atoms with E-state index in [0.29, 0.717) is 33.4 Å². The van der Waals surface area contributed by atoms with E-state index in [1.165, 1.54) is 10.9 Å². The van der Waals surface area contributed by atoms with Crippen LogP contribution >= 0.6 is 0 Å². The number of rotatable bonds is 5. The second kappa shape index (κ2) is 8.85. The van der Waals surface area contributed by atoms with E-state index in [-0.39, 0.29) is 23.9 Å². The standard InChI is InChI=1S/C25H22N4O3/c1-16-8-6-12-20-23(16)26-15-29(25(20)32)14-22(30)28-21-13-7-11-19(17(21)2)24(31)27-18-9-4-3-5-10-18/h3-13,15H,14H2,1-2H3,(H,27,31)(H,28,30). The monoisotopic (exact) mass is 426 g/mol. The van der Waals surface area contributed by atoms with Gasteiger partial charge in [-0.05, 0) is 55.3 Å². The maximum atomic E-state index is 12.7. The van der Waals surface area contributed by atoms with Crippen molar-refractivity contribution < 1.29 is 9.59 Å². The predicted octanol–water partition coefficient (Wildman–Crippen LogP) is 3.90. The second-order valence-corrected chi connectivity index (χ2v) is 7.50. The smallest absolute Gasteiger partial charge is 0.261 e. The van der Waals surface area contributed by atoms with Gasteiger partial charge in [0, 0.05) is 16.9 Å². The molecule has 2 N–H and O–H groups in total. The first kappa shape index (κ1) is 21.0. The number of para-hydroxylation sites is 2. The molecule has 0 aliphatic heterocycles. The summed E-state index contributed by atoms with van der Waals surface area (Å²) in [6.45, 7) is 3.47. The third kappa shape index (κ3) is 4.27. The van der Waals surface area contributed by atoms with Crippen LogP contribution in [0.25, 0.3) is 10.9 Å². The summed E-state index contributed by atoms with van der Waals surface area (Å²) in [4.78, 5) is 42.4. The number of carbonyl (C=O) groups is 2. The van der Waals surface area contributed by atoms with Crippen molar-refractivity contribution in [3.63, 3.8) is 0 Å². The van der Waals surface area contributed by atoms with Crippen molar-refractivity contribution >= 4 is 34.1 Å². The number of hydrogen-bond donors (Lipinski definition) is 2. The summed E-state index contributed by atoms with van der Waals surface area (Å²) in [5, 5.41) is 6.11. The average molecular weight is 426 g/mol. The normalized spacial score (nSPS) is 10.7. The van der Waals surface area contributed by atoms with E-state index in [1.807, 2.05) is 31.2 Å². The molecule has 4 aromatic rings. The number of carbonyl (C=O) groups excluding carboxylic acids is 2. The van der Waals surface area contributed by atoms with Gasteiger partial charge in [-0.3, -0.25) is 19.0 Å². The number of nitrogens with zero attached hydrogens (tertiary/aromatic N) is 2. The van der Waals surface area contributed by atoms with Gasteiger partial charge < -0.3 is 10.6 Å². The molecule has 0 bridgehead atoms. The molecule has 7 heteroatoms. The van der Waals surface area contributed by atoms with Crippen molar-refractivity contribution in [2.24, 2.45) is 0 Å². The summed E-state index contributed by atoms with van der Waals surface area (Å²) in [5.41, 5.74) is 3.53. The van der Waals surface area contributed by atoms with Crippen LogP contribution in [-0.4, -0.2) is 21.4 Å². The fourth-order valence-corrected chi connectivity index (χ4v) is 3.53. The molecule has 0 radical (unpaired) electrons. The summed E-state index contributed by atoms with van der Waals surface area (Å²) in [6.07, 6.45) is 1.38. The van der Waals surface area contributed by atoms with E-state index in [0.717, 1.165) is 5.56 Å². The molecular weight excluding hydrogens is 404 g/mol. The zero-order valence-electron chi connectivity index (χ0n) is 17.8. The Morgan fingerprint density at radius 2 is 1.66 bits per heavy atom. The first-order chi connectivity index (χ1) is 15.4. The van der Waals surface area contributed by atoms with Gasteiger partial charge in [0.1, 0.15) is 6.54 Å². The highest BCUT2D eigenvalue weighted by Gasteiger charge is 2.15. The lowest BCUT2D eigenvalue weighted by Crippen LogP contribution is -2.28. The molecule has 4 rings (SSSR count). The highest BCUT2D eigenvalue weighted by atomic mass is 16.2. The van der Waals surface area contributed by atoms with E-state index in [1.54, 1.807) is 49.4 Å². The van der Waals surface area contributed by atoms with Crippen molar-refractivity contribution in [2.45, 2.75) is 20.4 Å². The maximum absolute atomic E-state index is 12.7. The molecule has 32 heavy (non-hydrogen) atoms. The number of aromatic nitrogens is 2. The molecule has 0 unspecified atom stereocenters. The third-order valence-corrected chi connectivity index (χ3v) is 5.25. The fraction of sp³-hybridized carbons (Fsp3) is 0.120. The molecule has 1 heterocycles. The Morgan fingerprint density at radius 1 is 0.906 bits per heavy atom. The van der Waals surface area contributed by atoms with Crippen LogP contribution in [0.3, 0.4) is 0 Å². The zero-order chi connectivity index (χ0) is 22.7. The first-order valence-corrected chi connectivity index (χ1v) is 10.1. The molecule has 3 aromatic carbocycles. The molecule has 0 aliphatic carbocycles. The van der Waals surface area contributed by atoms with Crippen LogP contribution in [0, 0.1) is 13.8 Å². The van der Waals surface area contributed by atoms with Crippen molar-refractivity contribution in [3.8, 4) is 0 Å². The lowest BCUT2D eigenvalue weighted by atomic mass is 10.1. The Bertz CT molecular complexity index is 1380. The molecule has 0 saturated carbocycles. The van der Waals surface area contributed by atoms with Gasteiger partial charge in [0.15, 0.2) is 0 Å². The number of aryl methyl sites for hydroxylation is 1. The van der Waals surface area contributed by atoms with Gasteiger partial charge in [0.25, 0.3) is 11.5 Å². The highest BCUT2D eigenvalue weighted by Crippen LogP contribution is 2.20. The second-order valence-electron chi connectivity index (χ2n) is 7.50. The van der Waals surface area contributed by atoms with Gasteiger partial charge in [-0.25, -0.2) is 4.98 Å². The summed E-state index contributed by atoms with van der Waals surface area (Å²) in [5.74, 6) is -0.653. The molecule has 0 saturated heterocycles. The molecule has 0 fully saturated rings. The quantitative estimate of drug-likeness (QED) is 0.506. The van der Waals surface area contributed by atoms with Crippen LogP contribution < -0.4 is 16.2 Å². The van der Waals surface area contributed by atoms with Gasteiger partial charge in [-0.2, -0.15) is 0 Å². The largest absolute Gasteiger partial charge is 0.324 e. The van der Waals surface area contributed by atoms with Crippen LogP contribution in [0.15, 0.2) is 77.9 Å². The maximum Gasteiger partial charge on any atom is 0.261 e. The topological polar surface area (TPSA) is 93.1 Å². The molecule has 160 valence electrons. The molecule has 0 atom stereocenters. The van der Waals surface area contributed by atoms with E-state index in [9.17, 15) is 14.4 Å². The number of fused-ring (bicyclic) bond motifs is 1. The van der Waals surface area contributed by atoms with Gasteiger partial charge in [-0.15, -0.1) is 0 Å². The molecule has 7 nitrogen and oxygen atoms in total. The zero-order valence-corrected chi connectivity index (χ0v) is 17.8. The summed E-state index contributed by atoms with van der Waals surface area (Å²) in [7, 11) is 0. The van der Waals surface area contributed by atoms with E-state index in [4.69, 9.17) is 0 Å². The summed E-state index contributed by atoms with van der Waals surface area (Å²) >= 11 is 0. The van der Waals surface area contributed by atoms with Crippen LogP contribution in [0.5, 0.6) is 0 Å². The number of benzene rings is 3. The van der Waals surface area contributed by atoms with E-state index in [2.05, 4.69) is 15.6 Å². The minimum atomic E-state index is -0.385. The lowest BCUT2D eigenvalue weighted by molar-refractivity contribution is -0.116. The van der Waals surface area contributed by atoms with Crippen molar-refractivity contribution in [3.05, 3.63) is 100 Å². The Morgan fingerprint density at radius 3 is 2.44 bits per heavy atom. The lowest BCUT2D eigenvalue weighted by Gasteiger charge is -2.13. The van der Waals surface area contributed by atoms with E-state index < -0.39 is 0 Å². The van der Waals surface area contributed by atoms with Gasteiger partial charge >= 0.3 is 0 Å². The average Bonchev–Trinajstić information content (AvgIpc) is 2.78. The van der Waals surface area contributed by atoms with Crippen molar-refractivity contribution in [2.75, 3.05) is 10.6 Å². The SMILES string of the molecule is Cc1c(NC(=O)Cn2cnc3c(C)cccc3c2=O)cccc1C(=O)Nc1ccccc1. The highest BCUT2D eigenvalue weighted by molar-refractivity contribution is 6.06. The number of hydrogen-bond acceptors (Lipinski definition) is 4.